The van der Waals surface area contributed by atoms with Gasteiger partial charge in [0.15, 0.2) is 10.8 Å². The second-order valence-electron chi connectivity index (χ2n) is 4.20. The summed E-state index contributed by atoms with van der Waals surface area (Å²) in [6.07, 6.45) is 0. The van der Waals surface area contributed by atoms with Crippen molar-refractivity contribution in [3.8, 4) is 0 Å². The van der Waals surface area contributed by atoms with Crippen molar-refractivity contribution in [2.75, 3.05) is 5.32 Å². The molecule has 0 saturated heterocycles. The number of fused-ring (bicyclic) bond motifs is 1. The lowest BCUT2D eigenvalue weighted by Gasteiger charge is -2.09. The molecule has 0 spiro atoms. The largest absolute Gasteiger partial charge is 0.352 e. The Balaban J connectivity index is 2.60. The number of aryl methyl sites for hydroxylation is 2. The molecule has 0 saturated carbocycles. The number of hydrogen-bond acceptors (Lipinski definition) is 5. The molecule has 0 aliphatic heterocycles. The Hall–Kier alpha value is -1.49. The Kier molecular flexibility index (Phi) is 3.11. The highest BCUT2D eigenvalue weighted by Crippen LogP contribution is 2.20. The number of nitrogens with one attached hydrogen (secondary N) is 1. The van der Waals surface area contributed by atoms with Gasteiger partial charge in [-0.1, -0.05) is 11.6 Å². The van der Waals surface area contributed by atoms with Crippen LogP contribution in [0.3, 0.4) is 0 Å². The summed E-state index contributed by atoms with van der Waals surface area (Å²) in [7, 11) is 0. The zero-order chi connectivity index (χ0) is 12.6. The van der Waals surface area contributed by atoms with Crippen LogP contribution in [0.25, 0.3) is 11.2 Å². The molecule has 0 amide bonds. The summed E-state index contributed by atoms with van der Waals surface area (Å²) in [5.74, 6) is 0.482. The van der Waals surface area contributed by atoms with Crippen molar-refractivity contribution in [2.24, 2.45) is 0 Å². The minimum absolute atomic E-state index is 0.239. The van der Waals surface area contributed by atoms with Crippen LogP contribution in [0.2, 0.25) is 5.15 Å². The molecule has 0 aromatic carbocycles. The van der Waals surface area contributed by atoms with Crippen LogP contribution >= 0.6 is 11.6 Å². The summed E-state index contributed by atoms with van der Waals surface area (Å²) in [6.45, 7) is 7.80. The third-order valence-electron chi connectivity index (χ3n) is 2.32. The Bertz CT molecular complexity index is 567. The van der Waals surface area contributed by atoms with Crippen molar-refractivity contribution in [1.82, 2.24) is 19.9 Å². The van der Waals surface area contributed by atoms with Gasteiger partial charge >= 0.3 is 0 Å². The quantitative estimate of drug-likeness (QED) is 0.831. The van der Waals surface area contributed by atoms with Crippen molar-refractivity contribution in [2.45, 2.75) is 33.7 Å². The molecule has 2 heterocycles. The predicted molar refractivity (Wildman–Crippen MR) is 68.4 cm³/mol. The molecule has 0 radical (unpaired) electrons. The molecule has 0 aliphatic carbocycles. The molecular formula is C11H14ClN5. The van der Waals surface area contributed by atoms with Crippen LogP contribution in [0, 0.1) is 13.8 Å². The zero-order valence-electron chi connectivity index (χ0n) is 10.2. The number of nitrogens with zero attached hydrogens (tertiary/aromatic N) is 4. The van der Waals surface area contributed by atoms with Crippen molar-refractivity contribution in [1.29, 1.82) is 0 Å². The third kappa shape index (κ3) is 2.44. The molecule has 1 N–H and O–H groups in total. The molecule has 2 aromatic heterocycles. The second kappa shape index (κ2) is 4.41. The van der Waals surface area contributed by atoms with Gasteiger partial charge in [0.25, 0.3) is 0 Å². The van der Waals surface area contributed by atoms with Gasteiger partial charge in [-0.05, 0) is 27.7 Å². The van der Waals surface area contributed by atoms with Gasteiger partial charge in [-0.3, -0.25) is 0 Å². The van der Waals surface area contributed by atoms with Gasteiger partial charge in [-0.15, -0.1) is 0 Å². The van der Waals surface area contributed by atoms with E-state index in [0.717, 1.165) is 11.4 Å². The topological polar surface area (TPSA) is 63.6 Å². The van der Waals surface area contributed by atoms with E-state index in [1.54, 1.807) is 0 Å². The maximum atomic E-state index is 6.08. The van der Waals surface area contributed by atoms with Crippen molar-refractivity contribution >= 4 is 28.7 Å². The first-order chi connectivity index (χ1) is 7.97. The van der Waals surface area contributed by atoms with E-state index in [9.17, 15) is 0 Å². The molecule has 0 fully saturated rings. The SMILES string of the molecule is Cc1nc2nc(NC(C)C)nc(Cl)c2nc1C. The summed E-state index contributed by atoms with van der Waals surface area (Å²) >= 11 is 6.08. The second-order valence-corrected chi connectivity index (χ2v) is 4.56. The average molecular weight is 252 g/mol. The van der Waals surface area contributed by atoms with Crippen molar-refractivity contribution < 1.29 is 0 Å². The van der Waals surface area contributed by atoms with Crippen LogP contribution < -0.4 is 5.32 Å². The van der Waals surface area contributed by atoms with Gasteiger partial charge in [-0.2, -0.15) is 9.97 Å². The Morgan fingerprint density at radius 3 is 2.29 bits per heavy atom. The molecule has 17 heavy (non-hydrogen) atoms. The number of aromatic nitrogens is 4. The molecule has 6 heteroatoms. The van der Waals surface area contributed by atoms with E-state index in [1.807, 2.05) is 27.7 Å². The standard InChI is InChI=1S/C11H14ClN5/c1-5(2)13-11-16-9(12)8-10(17-11)15-7(4)6(3)14-8/h5H,1-4H3,(H,13,15,16,17). The summed E-state index contributed by atoms with van der Waals surface area (Å²) in [5, 5.41) is 3.42. The van der Waals surface area contributed by atoms with Crippen LogP contribution in [0.5, 0.6) is 0 Å². The molecule has 0 atom stereocenters. The first-order valence-electron chi connectivity index (χ1n) is 5.42. The van der Waals surface area contributed by atoms with E-state index in [4.69, 9.17) is 11.6 Å². The summed E-state index contributed by atoms with van der Waals surface area (Å²) in [6, 6.07) is 0.239. The molecule has 2 aromatic rings. The predicted octanol–water partition coefficient (Wildman–Crippen LogP) is 2.51. The van der Waals surface area contributed by atoms with Gasteiger partial charge in [0.2, 0.25) is 5.95 Å². The van der Waals surface area contributed by atoms with E-state index >= 15 is 0 Å². The smallest absolute Gasteiger partial charge is 0.226 e. The van der Waals surface area contributed by atoms with Gasteiger partial charge in [0.05, 0.1) is 11.4 Å². The lowest BCUT2D eigenvalue weighted by molar-refractivity contribution is 0.875. The van der Waals surface area contributed by atoms with Gasteiger partial charge in [0.1, 0.15) is 5.52 Å². The highest BCUT2D eigenvalue weighted by Gasteiger charge is 2.10. The molecule has 5 nitrogen and oxygen atoms in total. The first-order valence-corrected chi connectivity index (χ1v) is 5.80. The fourth-order valence-corrected chi connectivity index (χ4v) is 1.61. The first kappa shape index (κ1) is 12.0. The van der Waals surface area contributed by atoms with Gasteiger partial charge in [-0.25, -0.2) is 9.97 Å². The summed E-state index contributed by atoms with van der Waals surface area (Å²) in [5.41, 5.74) is 2.76. The normalized spacial score (nSPS) is 11.2. The van der Waals surface area contributed by atoms with Crippen LogP contribution in [-0.2, 0) is 0 Å². The lowest BCUT2D eigenvalue weighted by atomic mass is 10.3. The molecule has 0 bridgehead atoms. The fraction of sp³-hybridized carbons (Fsp3) is 0.455. The van der Waals surface area contributed by atoms with Gasteiger partial charge in [0, 0.05) is 6.04 Å². The van der Waals surface area contributed by atoms with E-state index in [1.165, 1.54) is 0 Å². The number of hydrogen-bond donors (Lipinski definition) is 1. The average Bonchev–Trinajstić information content (AvgIpc) is 2.20. The summed E-state index contributed by atoms with van der Waals surface area (Å²) < 4.78 is 0. The third-order valence-corrected chi connectivity index (χ3v) is 2.58. The van der Waals surface area contributed by atoms with Crippen molar-refractivity contribution in [3.63, 3.8) is 0 Å². The Morgan fingerprint density at radius 1 is 1.00 bits per heavy atom. The monoisotopic (exact) mass is 251 g/mol. The molecular weight excluding hydrogens is 238 g/mol. The maximum Gasteiger partial charge on any atom is 0.226 e. The Labute approximate surface area is 105 Å². The van der Waals surface area contributed by atoms with Crippen LogP contribution in [-0.4, -0.2) is 26.0 Å². The lowest BCUT2D eigenvalue weighted by Crippen LogP contribution is -2.13. The zero-order valence-corrected chi connectivity index (χ0v) is 11.0. The minimum Gasteiger partial charge on any atom is -0.352 e. The molecule has 2 rings (SSSR count). The van der Waals surface area contributed by atoms with Crippen LogP contribution in [0.4, 0.5) is 5.95 Å². The molecule has 0 aliphatic rings. The minimum atomic E-state index is 0.239. The number of halogens is 1. The van der Waals surface area contributed by atoms with E-state index in [0.29, 0.717) is 22.3 Å². The van der Waals surface area contributed by atoms with E-state index in [2.05, 4.69) is 25.3 Å². The van der Waals surface area contributed by atoms with Crippen LogP contribution in [0.1, 0.15) is 25.2 Å². The highest BCUT2D eigenvalue weighted by atomic mass is 35.5. The fourth-order valence-electron chi connectivity index (χ4n) is 1.40. The van der Waals surface area contributed by atoms with E-state index in [-0.39, 0.29) is 6.04 Å². The van der Waals surface area contributed by atoms with Crippen LogP contribution in [0.15, 0.2) is 0 Å². The van der Waals surface area contributed by atoms with Gasteiger partial charge < -0.3 is 5.32 Å². The molecule has 0 unspecified atom stereocenters. The number of rotatable bonds is 2. The summed E-state index contributed by atoms with van der Waals surface area (Å²) in [4.78, 5) is 17.2. The maximum absolute atomic E-state index is 6.08. The molecule has 90 valence electrons. The number of anilines is 1. The van der Waals surface area contributed by atoms with E-state index < -0.39 is 0 Å². The van der Waals surface area contributed by atoms with Crippen molar-refractivity contribution in [3.05, 3.63) is 16.5 Å². The Morgan fingerprint density at radius 2 is 1.65 bits per heavy atom. The highest BCUT2D eigenvalue weighted by molar-refractivity contribution is 6.33.